The first-order chi connectivity index (χ1) is 7.81. The molecule has 86 valence electrons. The molecule has 0 bridgehead atoms. The van der Waals surface area contributed by atoms with E-state index in [1.807, 2.05) is 13.0 Å². The van der Waals surface area contributed by atoms with E-state index in [0.717, 1.165) is 30.8 Å². The minimum atomic E-state index is 0.595. The summed E-state index contributed by atoms with van der Waals surface area (Å²) in [5, 5.41) is 7.13. The van der Waals surface area contributed by atoms with Gasteiger partial charge in [0.05, 0.1) is 11.8 Å². The minimum absolute atomic E-state index is 0.595. The van der Waals surface area contributed by atoms with Crippen molar-refractivity contribution in [3.05, 3.63) is 24.0 Å². The van der Waals surface area contributed by atoms with Crippen molar-refractivity contribution in [2.45, 2.75) is 20.3 Å². The molecule has 2 aromatic heterocycles. The smallest absolute Gasteiger partial charge is 0.228 e. The summed E-state index contributed by atoms with van der Waals surface area (Å²) < 4.78 is 10.3. The van der Waals surface area contributed by atoms with Gasteiger partial charge in [-0.25, -0.2) is 0 Å². The molecule has 0 aromatic carbocycles. The molecule has 2 rings (SSSR count). The molecule has 0 unspecified atom stereocenters. The maximum atomic E-state index is 5.19. The van der Waals surface area contributed by atoms with Gasteiger partial charge < -0.3 is 14.3 Å². The molecule has 0 aliphatic heterocycles. The lowest BCUT2D eigenvalue weighted by Crippen LogP contribution is -2.16. The molecule has 2 heterocycles. The van der Waals surface area contributed by atoms with Crippen LogP contribution in [-0.2, 0) is 6.42 Å². The molecule has 0 amide bonds. The van der Waals surface area contributed by atoms with Crippen LogP contribution in [0.1, 0.15) is 18.6 Å². The van der Waals surface area contributed by atoms with E-state index in [4.69, 9.17) is 8.94 Å². The average Bonchev–Trinajstić information content (AvgIpc) is 2.87. The Morgan fingerprint density at radius 2 is 2.31 bits per heavy atom. The fourth-order valence-corrected chi connectivity index (χ4v) is 1.45. The molecule has 1 N–H and O–H groups in total. The van der Waals surface area contributed by atoms with Crippen LogP contribution >= 0.6 is 0 Å². The fourth-order valence-electron chi connectivity index (χ4n) is 1.45. The van der Waals surface area contributed by atoms with Gasteiger partial charge in [0.25, 0.3) is 0 Å². The van der Waals surface area contributed by atoms with Crippen LogP contribution in [0, 0.1) is 6.92 Å². The number of hydrogen-bond donors (Lipinski definition) is 1. The van der Waals surface area contributed by atoms with Crippen molar-refractivity contribution < 1.29 is 8.94 Å². The molecule has 2 aromatic rings. The van der Waals surface area contributed by atoms with Gasteiger partial charge in [-0.2, -0.15) is 4.98 Å². The van der Waals surface area contributed by atoms with Gasteiger partial charge in [-0.1, -0.05) is 12.1 Å². The summed E-state index contributed by atoms with van der Waals surface area (Å²) in [6.45, 7) is 5.74. The van der Waals surface area contributed by atoms with Crippen molar-refractivity contribution >= 4 is 0 Å². The predicted molar refractivity (Wildman–Crippen MR) is 59.0 cm³/mol. The van der Waals surface area contributed by atoms with Gasteiger partial charge in [0.15, 0.2) is 0 Å². The van der Waals surface area contributed by atoms with E-state index in [-0.39, 0.29) is 0 Å². The van der Waals surface area contributed by atoms with Crippen molar-refractivity contribution in [1.82, 2.24) is 15.5 Å². The van der Waals surface area contributed by atoms with Gasteiger partial charge in [-0.05, 0) is 19.5 Å². The van der Waals surface area contributed by atoms with Crippen LogP contribution in [0.3, 0.4) is 0 Å². The molecule has 0 aliphatic carbocycles. The maximum Gasteiger partial charge on any atom is 0.228 e. The molecular weight excluding hydrogens is 206 g/mol. The molecule has 0 saturated carbocycles. The molecule has 0 atom stereocenters. The number of nitrogens with zero attached hydrogens (tertiary/aromatic N) is 2. The molecular formula is C11H15N3O2. The van der Waals surface area contributed by atoms with Gasteiger partial charge >= 0.3 is 0 Å². The summed E-state index contributed by atoms with van der Waals surface area (Å²) in [5.74, 6) is 2.05. The van der Waals surface area contributed by atoms with Crippen LogP contribution in [0.25, 0.3) is 11.4 Å². The Morgan fingerprint density at radius 1 is 1.44 bits per heavy atom. The first kappa shape index (κ1) is 10.9. The largest absolute Gasteiger partial charge is 0.469 e. The Hall–Kier alpha value is -1.62. The van der Waals surface area contributed by atoms with Crippen LogP contribution in [0.4, 0.5) is 0 Å². The Bertz CT molecular complexity index is 448. The quantitative estimate of drug-likeness (QED) is 0.780. The predicted octanol–water partition coefficient (Wildman–Crippen LogP) is 1.79. The van der Waals surface area contributed by atoms with Crippen LogP contribution in [0.5, 0.6) is 0 Å². The van der Waals surface area contributed by atoms with Crippen LogP contribution in [0.15, 0.2) is 21.3 Å². The van der Waals surface area contributed by atoms with Crippen molar-refractivity contribution in [2.75, 3.05) is 13.1 Å². The molecule has 0 spiro atoms. The number of furan rings is 1. The normalized spacial score (nSPS) is 10.9. The third-order valence-corrected chi connectivity index (χ3v) is 2.33. The lowest BCUT2D eigenvalue weighted by Gasteiger charge is -1.95. The Morgan fingerprint density at radius 3 is 3.00 bits per heavy atom. The highest BCUT2D eigenvalue weighted by Crippen LogP contribution is 2.20. The number of likely N-dealkylation sites (N-methyl/N-ethyl adjacent to an activating group) is 1. The zero-order valence-corrected chi connectivity index (χ0v) is 9.49. The number of rotatable bonds is 5. The van der Waals surface area contributed by atoms with Gasteiger partial charge in [0.2, 0.25) is 11.7 Å². The first-order valence-corrected chi connectivity index (χ1v) is 5.39. The van der Waals surface area contributed by atoms with Crippen LogP contribution in [0.2, 0.25) is 0 Å². The zero-order valence-electron chi connectivity index (χ0n) is 9.49. The number of aromatic nitrogens is 2. The van der Waals surface area contributed by atoms with E-state index >= 15 is 0 Å². The van der Waals surface area contributed by atoms with Gasteiger partial charge in [0, 0.05) is 13.0 Å². The molecule has 0 fully saturated rings. The van der Waals surface area contributed by atoms with E-state index < -0.39 is 0 Å². The van der Waals surface area contributed by atoms with Crippen LogP contribution < -0.4 is 5.32 Å². The first-order valence-electron chi connectivity index (χ1n) is 5.39. The monoisotopic (exact) mass is 221 g/mol. The highest BCUT2D eigenvalue weighted by atomic mass is 16.5. The van der Waals surface area contributed by atoms with Crippen molar-refractivity contribution in [3.8, 4) is 11.4 Å². The lowest BCUT2D eigenvalue weighted by molar-refractivity contribution is 0.376. The summed E-state index contributed by atoms with van der Waals surface area (Å²) in [6, 6.07) is 1.84. The number of nitrogens with one attached hydrogen (secondary N) is 1. The topological polar surface area (TPSA) is 64.1 Å². The second kappa shape index (κ2) is 4.94. The number of hydrogen-bond acceptors (Lipinski definition) is 5. The molecule has 5 nitrogen and oxygen atoms in total. The van der Waals surface area contributed by atoms with E-state index in [2.05, 4.69) is 22.4 Å². The van der Waals surface area contributed by atoms with Gasteiger partial charge in [-0.3, -0.25) is 0 Å². The Balaban J connectivity index is 2.05. The Labute approximate surface area is 93.8 Å². The van der Waals surface area contributed by atoms with Crippen molar-refractivity contribution in [3.63, 3.8) is 0 Å². The third-order valence-electron chi connectivity index (χ3n) is 2.33. The van der Waals surface area contributed by atoms with E-state index in [9.17, 15) is 0 Å². The highest BCUT2D eigenvalue weighted by Gasteiger charge is 2.12. The summed E-state index contributed by atoms with van der Waals surface area (Å²) in [7, 11) is 0. The lowest BCUT2D eigenvalue weighted by atomic mass is 10.2. The molecule has 0 aliphatic rings. The summed E-state index contributed by atoms with van der Waals surface area (Å²) in [5.41, 5.74) is 0.887. The van der Waals surface area contributed by atoms with Crippen LogP contribution in [-0.4, -0.2) is 23.2 Å². The standard InChI is InChI=1S/C11H15N3O2/c1-3-12-6-4-10-13-11(14-16-10)9-5-7-15-8(9)2/h5,7,12H,3-4,6H2,1-2H3. The van der Waals surface area contributed by atoms with E-state index in [1.54, 1.807) is 6.26 Å². The minimum Gasteiger partial charge on any atom is -0.469 e. The van der Waals surface area contributed by atoms with E-state index in [1.165, 1.54) is 0 Å². The van der Waals surface area contributed by atoms with Gasteiger partial charge in [-0.15, -0.1) is 0 Å². The van der Waals surface area contributed by atoms with E-state index in [0.29, 0.717) is 11.7 Å². The molecule has 0 radical (unpaired) electrons. The highest BCUT2D eigenvalue weighted by molar-refractivity contribution is 5.55. The van der Waals surface area contributed by atoms with Gasteiger partial charge in [0.1, 0.15) is 5.76 Å². The molecule has 5 heteroatoms. The second-order valence-corrected chi connectivity index (χ2v) is 3.51. The number of aryl methyl sites for hydroxylation is 1. The molecule has 16 heavy (non-hydrogen) atoms. The third kappa shape index (κ3) is 2.30. The average molecular weight is 221 g/mol. The van der Waals surface area contributed by atoms with Crippen molar-refractivity contribution in [2.24, 2.45) is 0 Å². The summed E-state index contributed by atoms with van der Waals surface area (Å²) in [6.07, 6.45) is 2.37. The van der Waals surface area contributed by atoms with Crippen molar-refractivity contribution in [1.29, 1.82) is 0 Å². The molecule has 0 saturated heterocycles. The maximum absolute atomic E-state index is 5.19. The Kier molecular flexibility index (Phi) is 3.36. The zero-order chi connectivity index (χ0) is 11.4. The summed E-state index contributed by atoms with van der Waals surface area (Å²) >= 11 is 0. The fraction of sp³-hybridized carbons (Fsp3) is 0.455. The summed E-state index contributed by atoms with van der Waals surface area (Å²) in [4.78, 5) is 4.31. The SMILES string of the molecule is CCNCCc1nc(-c2ccoc2C)no1. The second-order valence-electron chi connectivity index (χ2n) is 3.51.